The maximum atomic E-state index is 12.2. The largest absolute Gasteiger partial charge is 0.490 e. The van der Waals surface area contributed by atoms with E-state index >= 15 is 0 Å². The van der Waals surface area contributed by atoms with Gasteiger partial charge >= 0.3 is 12.0 Å². The number of benzene rings is 1. The van der Waals surface area contributed by atoms with Crippen LogP contribution < -0.4 is 20.1 Å². The van der Waals surface area contributed by atoms with Gasteiger partial charge in [-0.15, -0.1) is 0 Å². The fourth-order valence-corrected chi connectivity index (χ4v) is 2.28. The first-order valence-electron chi connectivity index (χ1n) is 9.12. The molecule has 0 saturated carbocycles. The minimum Gasteiger partial charge on any atom is -0.490 e. The van der Waals surface area contributed by atoms with Crippen LogP contribution in [-0.2, 0) is 9.53 Å². The van der Waals surface area contributed by atoms with E-state index < -0.39 is 24.5 Å². The Bertz CT molecular complexity index is 693. The van der Waals surface area contributed by atoms with E-state index in [-0.39, 0.29) is 16.5 Å². The van der Waals surface area contributed by atoms with Crippen LogP contribution in [0, 0.1) is 5.92 Å². The third-order valence-electron chi connectivity index (χ3n) is 3.25. The van der Waals surface area contributed by atoms with E-state index in [2.05, 4.69) is 10.6 Å². The van der Waals surface area contributed by atoms with Crippen LogP contribution in [0.15, 0.2) is 12.1 Å². The van der Waals surface area contributed by atoms with Gasteiger partial charge < -0.3 is 19.5 Å². The molecule has 0 aliphatic heterocycles. The Kier molecular flexibility index (Phi) is 10.2. The van der Waals surface area contributed by atoms with Crippen molar-refractivity contribution >= 4 is 29.5 Å². The Morgan fingerprint density at radius 1 is 1.14 bits per heavy atom. The molecule has 9 heteroatoms. The summed E-state index contributed by atoms with van der Waals surface area (Å²) in [5.41, 5.74) is 0.106. The quantitative estimate of drug-likeness (QED) is 0.570. The summed E-state index contributed by atoms with van der Waals surface area (Å²) >= 11 is 6.20. The number of hydrogen-bond donors (Lipinski definition) is 2. The molecule has 0 spiro atoms. The molecule has 0 heterocycles. The predicted octanol–water partition coefficient (Wildman–Crippen LogP) is 3.17. The summed E-state index contributed by atoms with van der Waals surface area (Å²) in [6.45, 7) is 8.20. The van der Waals surface area contributed by atoms with Gasteiger partial charge in [0.1, 0.15) is 0 Å². The molecule has 1 aromatic carbocycles. The molecule has 1 rings (SSSR count). The lowest BCUT2D eigenvalue weighted by Crippen LogP contribution is -2.42. The van der Waals surface area contributed by atoms with Gasteiger partial charge in [0.2, 0.25) is 0 Å². The summed E-state index contributed by atoms with van der Waals surface area (Å²) < 4.78 is 16.0. The minimum absolute atomic E-state index is 0.106. The average molecular weight is 415 g/mol. The number of hydrogen-bond acceptors (Lipinski definition) is 6. The van der Waals surface area contributed by atoms with Crippen molar-refractivity contribution in [3.05, 3.63) is 22.7 Å². The number of rotatable bonds is 10. The van der Waals surface area contributed by atoms with Gasteiger partial charge in [-0.3, -0.25) is 10.1 Å². The number of carbonyl (C=O) groups is 3. The summed E-state index contributed by atoms with van der Waals surface area (Å²) in [7, 11) is 0. The van der Waals surface area contributed by atoms with Gasteiger partial charge in [0.15, 0.2) is 18.1 Å². The van der Waals surface area contributed by atoms with E-state index in [0.29, 0.717) is 31.3 Å². The van der Waals surface area contributed by atoms with Crippen molar-refractivity contribution in [2.45, 2.75) is 34.1 Å². The van der Waals surface area contributed by atoms with Crippen LogP contribution in [0.5, 0.6) is 11.5 Å². The summed E-state index contributed by atoms with van der Waals surface area (Å²) in [5.74, 6) is -0.613. The van der Waals surface area contributed by atoms with Crippen molar-refractivity contribution in [3.63, 3.8) is 0 Å². The molecule has 0 aliphatic rings. The minimum atomic E-state index is -0.775. The van der Waals surface area contributed by atoms with Crippen molar-refractivity contribution in [1.82, 2.24) is 10.6 Å². The van der Waals surface area contributed by atoms with Crippen molar-refractivity contribution in [2.24, 2.45) is 5.92 Å². The van der Waals surface area contributed by atoms with Crippen LogP contribution in [0.2, 0.25) is 5.02 Å². The molecule has 3 amide bonds. The molecule has 0 aromatic heterocycles. The van der Waals surface area contributed by atoms with Crippen LogP contribution in [0.25, 0.3) is 0 Å². The van der Waals surface area contributed by atoms with Gasteiger partial charge in [-0.25, -0.2) is 9.59 Å². The molecule has 0 unspecified atom stereocenters. The molecule has 1 aromatic rings. The Labute approximate surface area is 169 Å². The summed E-state index contributed by atoms with van der Waals surface area (Å²) in [6.07, 6.45) is 0.783. The number of urea groups is 1. The monoisotopic (exact) mass is 414 g/mol. The third-order valence-corrected chi connectivity index (χ3v) is 3.53. The predicted molar refractivity (Wildman–Crippen MR) is 105 cm³/mol. The molecule has 0 bridgehead atoms. The Balaban J connectivity index is 2.70. The highest BCUT2D eigenvalue weighted by atomic mass is 35.5. The maximum absolute atomic E-state index is 12.2. The van der Waals surface area contributed by atoms with Gasteiger partial charge in [-0.05, 0) is 31.4 Å². The lowest BCUT2D eigenvalue weighted by atomic mass is 10.2. The first-order chi connectivity index (χ1) is 13.3. The van der Waals surface area contributed by atoms with E-state index in [4.69, 9.17) is 25.8 Å². The summed E-state index contributed by atoms with van der Waals surface area (Å²) in [4.78, 5) is 35.5. The molecule has 8 nitrogen and oxygen atoms in total. The molecule has 0 aliphatic carbocycles. The molecule has 0 fully saturated rings. The molecular weight excluding hydrogens is 388 g/mol. The SMILES string of the molecule is CCCOc1c(Cl)cc(C(=O)OCC(=O)NC(=O)NCC(C)C)cc1OCC. The molecule has 0 saturated heterocycles. The number of esters is 1. The molecule has 156 valence electrons. The van der Waals surface area contributed by atoms with Crippen LogP contribution in [-0.4, -0.2) is 44.3 Å². The highest BCUT2D eigenvalue weighted by molar-refractivity contribution is 6.32. The lowest BCUT2D eigenvalue weighted by Gasteiger charge is -2.14. The van der Waals surface area contributed by atoms with Gasteiger partial charge in [-0.2, -0.15) is 0 Å². The van der Waals surface area contributed by atoms with Crippen LogP contribution in [0.3, 0.4) is 0 Å². The zero-order chi connectivity index (χ0) is 21.1. The Hall–Kier alpha value is -2.48. The number of amides is 3. The molecular formula is C19H27ClN2O6. The molecule has 0 radical (unpaired) electrons. The second-order valence-corrected chi connectivity index (χ2v) is 6.70. The topological polar surface area (TPSA) is 103 Å². The Morgan fingerprint density at radius 3 is 2.46 bits per heavy atom. The standard InChI is InChI=1S/C19H27ClN2O6/c1-5-7-27-17-14(20)8-13(9-15(17)26-6-2)18(24)28-11-16(23)22-19(25)21-10-12(3)4/h8-9,12H,5-7,10-11H2,1-4H3,(H2,21,22,23,25). The van der Waals surface area contributed by atoms with Crippen LogP contribution >= 0.6 is 11.6 Å². The number of halogens is 1. The molecule has 0 atom stereocenters. The smallest absolute Gasteiger partial charge is 0.338 e. The third kappa shape index (κ3) is 8.04. The van der Waals surface area contributed by atoms with Crippen molar-refractivity contribution in [1.29, 1.82) is 0 Å². The maximum Gasteiger partial charge on any atom is 0.338 e. The highest BCUT2D eigenvalue weighted by Gasteiger charge is 2.18. The normalized spacial score (nSPS) is 10.4. The fraction of sp³-hybridized carbons (Fsp3) is 0.526. The Morgan fingerprint density at radius 2 is 1.86 bits per heavy atom. The van der Waals surface area contributed by atoms with Gasteiger partial charge in [0.25, 0.3) is 5.91 Å². The molecule has 28 heavy (non-hydrogen) atoms. The second kappa shape index (κ2) is 12.1. The van der Waals surface area contributed by atoms with Crippen molar-refractivity contribution < 1.29 is 28.6 Å². The first-order valence-corrected chi connectivity index (χ1v) is 9.50. The number of ether oxygens (including phenoxy) is 3. The summed E-state index contributed by atoms with van der Waals surface area (Å²) in [6, 6.07) is 2.18. The van der Waals surface area contributed by atoms with Gasteiger partial charge in [0.05, 0.1) is 23.8 Å². The number of carbonyl (C=O) groups excluding carboxylic acids is 3. The fourth-order valence-electron chi connectivity index (χ4n) is 2.01. The lowest BCUT2D eigenvalue weighted by molar-refractivity contribution is -0.123. The first kappa shape index (κ1) is 23.6. The number of imide groups is 1. The molecule has 2 N–H and O–H groups in total. The average Bonchev–Trinajstić information content (AvgIpc) is 2.63. The van der Waals surface area contributed by atoms with E-state index in [1.54, 1.807) is 6.92 Å². The van der Waals surface area contributed by atoms with Gasteiger partial charge in [-0.1, -0.05) is 32.4 Å². The zero-order valence-corrected chi connectivity index (χ0v) is 17.4. The van der Waals surface area contributed by atoms with Crippen molar-refractivity contribution in [3.8, 4) is 11.5 Å². The summed E-state index contributed by atoms with van der Waals surface area (Å²) in [5, 5.41) is 4.80. The van der Waals surface area contributed by atoms with E-state index in [9.17, 15) is 14.4 Å². The van der Waals surface area contributed by atoms with Crippen molar-refractivity contribution in [2.75, 3.05) is 26.4 Å². The second-order valence-electron chi connectivity index (χ2n) is 6.29. The zero-order valence-electron chi connectivity index (χ0n) is 16.6. The van der Waals surface area contributed by atoms with Gasteiger partial charge in [0, 0.05) is 6.54 Å². The van der Waals surface area contributed by atoms with E-state index in [1.165, 1.54) is 12.1 Å². The highest BCUT2D eigenvalue weighted by Crippen LogP contribution is 2.37. The van der Waals surface area contributed by atoms with Crippen LogP contribution in [0.1, 0.15) is 44.5 Å². The van der Waals surface area contributed by atoms with E-state index in [0.717, 1.165) is 6.42 Å². The van der Waals surface area contributed by atoms with E-state index in [1.807, 2.05) is 20.8 Å². The van der Waals surface area contributed by atoms with Crippen LogP contribution in [0.4, 0.5) is 4.79 Å². The number of nitrogens with one attached hydrogen (secondary N) is 2.